The van der Waals surface area contributed by atoms with Crippen LogP contribution in [0.1, 0.15) is 16.1 Å². The molecule has 3 rings (SSSR count). The smallest absolute Gasteiger partial charge is 0.276 e. The lowest BCUT2D eigenvalue weighted by Crippen LogP contribution is -2.15. The minimum atomic E-state index is -0.616. The number of ether oxygens (including phenoxy) is 1. The number of anilines is 1. The quantitative estimate of drug-likeness (QED) is 0.500. The van der Waals surface area contributed by atoms with E-state index in [0.717, 1.165) is 6.07 Å². The Labute approximate surface area is 163 Å². The van der Waals surface area contributed by atoms with Gasteiger partial charge < -0.3 is 10.1 Å². The third-order valence-corrected chi connectivity index (χ3v) is 3.89. The Morgan fingerprint density at radius 3 is 2.71 bits per heavy atom. The van der Waals surface area contributed by atoms with Crippen molar-refractivity contribution in [2.24, 2.45) is 0 Å². The highest BCUT2D eigenvalue weighted by Gasteiger charge is 2.15. The summed E-state index contributed by atoms with van der Waals surface area (Å²) in [6.45, 7) is 0.0793. The van der Waals surface area contributed by atoms with Gasteiger partial charge in [-0.05, 0) is 36.4 Å². The predicted molar refractivity (Wildman–Crippen MR) is 100 cm³/mol. The molecule has 1 amide bonds. The number of carbonyl (C=O) groups excluding carboxylic acids is 1. The van der Waals surface area contributed by atoms with Gasteiger partial charge in [-0.25, -0.2) is 4.68 Å². The van der Waals surface area contributed by atoms with Crippen molar-refractivity contribution in [2.75, 3.05) is 5.32 Å². The fourth-order valence-corrected chi connectivity index (χ4v) is 2.39. The van der Waals surface area contributed by atoms with Gasteiger partial charge >= 0.3 is 0 Å². The number of non-ortho nitro benzene ring substituents is 1. The van der Waals surface area contributed by atoms with Crippen LogP contribution in [0.25, 0.3) is 0 Å². The second-order valence-electron chi connectivity index (χ2n) is 5.52. The van der Waals surface area contributed by atoms with Crippen molar-refractivity contribution in [3.8, 4) is 11.8 Å². The summed E-state index contributed by atoms with van der Waals surface area (Å²) in [5, 5.41) is 27.1. The number of carbonyl (C=O) groups is 1. The predicted octanol–water partition coefficient (Wildman–Crippen LogP) is 3.61. The lowest BCUT2D eigenvalue weighted by Gasteiger charge is -2.06. The first-order valence-electron chi connectivity index (χ1n) is 7.88. The second kappa shape index (κ2) is 8.20. The fourth-order valence-electron chi connectivity index (χ4n) is 2.26. The molecule has 0 fully saturated rings. The molecule has 1 aromatic heterocycles. The maximum atomic E-state index is 12.3. The summed E-state index contributed by atoms with van der Waals surface area (Å²) >= 11 is 5.81. The molecular formula is C18H12ClN5O4. The summed E-state index contributed by atoms with van der Waals surface area (Å²) in [5.41, 5.74) is -0.00163. The van der Waals surface area contributed by atoms with Gasteiger partial charge in [0.25, 0.3) is 11.6 Å². The Kier molecular flexibility index (Phi) is 5.53. The number of hydrogen-bond donors (Lipinski definition) is 1. The minimum Gasteiger partial charge on any atom is -0.471 e. The van der Waals surface area contributed by atoms with E-state index >= 15 is 0 Å². The SMILES string of the molecule is N#Cc1cc([N+](=O)[O-])ccc1NC(=O)c1ccn(COc2ccc(Cl)cc2)n1. The van der Waals surface area contributed by atoms with Gasteiger partial charge in [0.15, 0.2) is 12.4 Å². The van der Waals surface area contributed by atoms with E-state index in [9.17, 15) is 14.9 Å². The van der Waals surface area contributed by atoms with Gasteiger partial charge in [-0.2, -0.15) is 10.4 Å². The van der Waals surface area contributed by atoms with Crippen molar-refractivity contribution in [1.29, 1.82) is 5.26 Å². The second-order valence-corrected chi connectivity index (χ2v) is 5.96. The van der Waals surface area contributed by atoms with Gasteiger partial charge in [-0.15, -0.1) is 0 Å². The molecule has 2 aromatic carbocycles. The van der Waals surface area contributed by atoms with Crippen molar-refractivity contribution in [3.05, 3.63) is 81.1 Å². The number of halogens is 1. The van der Waals surface area contributed by atoms with Crippen LogP contribution in [-0.4, -0.2) is 20.6 Å². The summed E-state index contributed by atoms with van der Waals surface area (Å²) in [4.78, 5) is 22.5. The van der Waals surface area contributed by atoms with Crippen molar-refractivity contribution >= 4 is 28.9 Å². The molecule has 0 aliphatic rings. The highest BCUT2D eigenvalue weighted by molar-refractivity contribution is 6.30. The number of hydrogen-bond acceptors (Lipinski definition) is 6. The van der Waals surface area contributed by atoms with Crippen LogP contribution in [0.3, 0.4) is 0 Å². The zero-order valence-electron chi connectivity index (χ0n) is 14.2. The molecule has 3 aromatic rings. The van der Waals surface area contributed by atoms with Crippen LogP contribution in [-0.2, 0) is 6.73 Å². The molecule has 140 valence electrons. The monoisotopic (exact) mass is 397 g/mol. The Morgan fingerprint density at radius 2 is 2.04 bits per heavy atom. The standard InChI is InChI=1S/C18H12ClN5O4/c19-13-1-4-15(5-2-13)28-11-23-8-7-17(22-23)18(25)21-16-6-3-14(24(26)27)9-12(16)10-20/h1-9H,11H2,(H,21,25). The van der Waals surface area contributed by atoms with Gasteiger partial charge in [-0.3, -0.25) is 14.9 Å². The number of benzene rings is 2. The number of aromatic nitrogens is 2. The topological polar surface area (TPSA) is 123 Å². The van der Waals surface area contributed by atoms with Crippen LogP contribution in [0.2, 0.25) is 5.02 Å². The molecule has 1 heterocycles. The first-order valence-corrected chi connectivity index (χ1v) is 8.26. The largest absolute Gasteiger partial charge is 0.471 e. The van der Waals surface area contributed by atoms with Gasteiger partial charge in [0.2, 0.25) is 0 Å². The summed E-state index contributed by atoms with van der Waals surface area (Å²) < 4.78 is 6.95. The highest BCUT2D eigenvalue weighted by atomic mass is 35.5. The molecule has 0 saturated carbocycles. The number of nitrogens with zero attached hydrogens (tertiary/aromatic N) is 4. The Bertz CT molecular complexity index is 1070. The highest BCUT2D eigenvalue weighted by Crippen LogP contribution is 2.22. The molecule has 0 bridgehead atoms. The van der Waals surface area contributed by atoms with Crippen molar-refractivity contribution < 1.29 is 14.5 Å². The van der Waals surface area contributed by atoms with Crippen LogP contribution in [0, 0.1) is 21.4 Å². The Morgan fingerprint density at radius 1 is 1.29 bits per heavy atom. The lowest BCUT2D eigenvalue weighted by molar-refractivity contribution is -0.384. The molecule has 1 N–H and O–H groups in total. The lowest BCUT2D eigenvalue weighted by atomic mass is 10.1. The van der Waals surface area contributed by atoms with E-state index in [0.29, 0.717) is 10.8 Å². The number of amides is 1. The van der Waals surface area contributed by atoms with E-state index in [2.05, 4.69) is 10.4 Å². The first-order chi connectivity index (χ1) is 13.5. The van der Waals surface area contributed by atoms with Crippen molar-refractivity contribution in [3.63, 3.8) is 0 Å². The van der Waals surface area contributed by atoms with E-state index in [1.165, 1.54) is 22.9 Å². The molecule has 0 spiro atoms. The van der Waals surface area contributed by atoms with Crippen LogP contribution in [0.4, 0.5) is 11.4 Å². The molecule has 0 unspecified atom stereocenters. The van der Waals surface area contributed by atoms with Crippen LogP contribution in [0.15, 0.2) is 54.7 Å². The Hall–Kier alpha value is -3.90. The normalized spacial score (nSPS) is 10.1. The fraction of sp³-hybridized carbons (Fsp3) is 0.0556. The third kappa shape index (κ3) is 4.44. The average molecular weight is 398 g/mol. The van der Waals surface area contributed by atoms with Crippen LogP contribution in [0.5, 0.6) is 5.75 Å². The molecule has 0 saturated heterocycles. The summed E-state index contributed by atoms with van der Waals surface area (Å²) in [6.07, 6.45) is 1.56. The summed E-state index contributed by atoms with van der Waals surface area (Å²) in [6, 6.07) is 13.7. The van der Waals surface area contributed by atoms with E-state index in [4.69, 9.17) is 21.6 Å². The van der Waals surface area contributed by atoms with Gasteiger partial charge in [-0.1, -0.05) is 11.6 Å². The third-order valence-electron chi connectivity index (χ3n) is 3.63. The van der Waals surface area contributed by atoms with Crippen molar-refractivity contribution in [1.82, 2.24) is 9.78 Å². The molecule has 0 radical (unpaired) electrons. The van der Waals surface area contributed by atoms with E-state index in [-0.39, 0.29) is 29.4 Å². The Balaban J connectivity index is 1.66. The molecule has 0 aliphatic carbocycles. The van der Waals surface area contributed by atoms with E-state index in [1.54, 1.807) is 30.5 Å². The van der Waals surface area contributed by atoms with Crippen molar-refractivity contribution in [2.45, 2.75) is 6.73 Å². The zero-order chi connectivity index (χ0) is 20.1. The van der Waals surface area contributed by atoms with Gasteiger partial charge in [0.05, 0.1) is 16.2 Å². The maximum absolute atomic E-state index is 12.3. The van der Waals surface area contributed by atoms with Crippen LogP contribution >= 0.6 is 11.6 Å². The molecule has 9 nitrogen and oxygen atoms in total. The number of rotatable bonds is 6. The summed E-state index contributed by atoms with van der Waals surface area (Å²) in [7, 11) is 0. The van der Waals surface area contributed by atoms with Crippen LogP contribution < -0.4 is 10.1 Å². The summed E-state index contributed by atoms with van der Waals surface area (Å²) in [5.74, 6) is 0.0334. The number of nitro groups is 1. The van der Waals surface area contributed by atoms with E-state index < -0.39 is 10.8 Å². The molecule has 0 atom stereocenters. The average Bonchev–Trinajstić information content (AvgIpc) is 3.17. The number of nitriles is 1. The minimum absolute atomic E-state index is 0.0203. The number of nitro benzene ring substituents is 1. The first kappa shape index (κ1) is 18.9. The molecular weight excluding hydrogens is 386 g/mol. The molecule has 28 heavy (non-hydrogen) atoms. The molecule has 10 heteroatoms. The zero-order valence-corrected chi connectivity index (χ0v) is 15.0. The van der Waals surface area contributed by atoms with Gasteiger partial charge in [0, 0.05) is 23.4 Å². The van der Waals surface area contributed by atoms with Gasteiger partial charge in [0.1, 0.15) is 11.8 Å². The molecule has 0 aliphatic heterocycles. The van der Waals surface area contributed by atoms with E-state index in [1.807, 2.05) is 6.07 Å². The number of nitrogens with one attached hydrogen (secondary N) is 1. The maximum Gasteiger partial charge on any atom is 0.276 e.